The van der Waals surface area contributed by atoms with Crippen molar-refractivity contribution in [3.05, 3.63) is 70.1 Å². The maximum atomic E-state index is 12.4. The van der Waals surface area contributed by atoms with Crippen LogP contribution >= 0.6 is 0 Å². The number of benzene rings is 2. The summed E-state index contributed by atoms with van der Waals surface area (Å²) >= 11 is 0. The van der Waals surface area contributed by atoms with Gasteiger partial charge in [0.2, 0.25) is 0 Å². The molecule has 0 radical (unpaired) electrons. The van der Waals surface area contributed by atoms with E-state index < -0.39 is 17.5 Å². The molecule has 1 fully saturated rings. The van der Waals surface area contributed by atoms with Crippen molar-refractivity contribution in [2.75, 3.05) is 20.3 Å². The van der Waals surface area contributed by atoms with Gasteiger partial charge in [0.15, 0.2) is 0 Å². The maximum absolute atomic E-state index is 12.4. The third kappa shape index (κ3) is 4.75. The van der Waals surface area contributed by atoms with Crippen molar-refractivity contribution >= 4 is 22.8 Å². The molecule has 8 nitrogen and oxygen atoms in total. The van der Waals surface area contributed by atoms with Crippen molar-refractivity contribution in [1.29, 1.82) is 0 Å². The number of rotatable bonds is 6. The van der Waals surface area contributed by atoms with E-state index in [1.807, 2.05) is 0 Å². The number of fused-ring (bicyclic) bond motifs is 1. The highest BCUT2D eigenvalue weighted by atomic mass is 16.5. The molecular weight excluding hydrogens is 402 g/mol. The summed E-state index contributed by atoms with van der Waals surface area (Å²) < 4.78 is 21.2. The van der Waals surface area contributed by atoms with Gasteiger partial charge in [0.25, 0.3) is 5.91 Å². The number of amides is 1. The van der Waals surface area contributed by atoms with Gasteiger partial charge in [-0.3, -0.25) is 4.79 Å². The zero-order valence-corrected chi connectivity index (χ0v) is 16.9. The molecule has 2 heterocycles. The lowest BCUT2D eigenvalue weighted by Gasteiger charge is -2.10. The van der Waals surface area contributed by atoms with Gasteiger partial charge < -0.3 is 23.9 Å². The van der Waals surface area contributed by atoms with Gasteiger partial charge in [-0.2, -0.15) is 0 Å². The van der Waals surface area contributed by atoms with E-state index >= 15 is 0 Å². The third-order valence-electron chi connectivity index (χ3n) is 4.98. The summed E-state index contributed by atoms with van der Waals surface area (Å²) in [6, 6.07) is 12.6. The second-order valence-corrected chi connectivity index (χ2v) is 7.11. The highest BCUT2D eigenvalue weighted by molar-refractivity contribution is 5.97. The predicted molar refractivity (Wildman–Crippen MR) is 112 cm³/mol. The summed E-state index contributed by atoms with van der Waals surface area (Å²) in [4.78, 5) is 37.1. The molecule has 0 spiro atoms. The normalized spacial score (nSPS) is 15.6. The summed E-state index contributed by atoms with van der Waals surface area (Å²) in [7, 11) is 1.51. The zero-order valence-electron chi connectivity index (χ0n) is 16.9. The SMILES string of the molecule is COc1cccc(C(=O)Oc2ccc3cc(C(=O)NCC4CCCO4)c(=O)oc3c2)c1. The Bertz CT molecular complexity index is 1180. The Kier molecular flexibility index (Phi) is 5.99. The Labute approximate surface area is 177 Å². The number of carbonyl (C=O) groups excluding carboxylic acids is 2. The number of carbonyl (C=O) groups is 2. The highest BCUT2D eigenvalue weighted by Crippen LogP contribution is 2.22. The summed E-state index contributed by atoms with van der Waals surface area (Å²) in [5, 5.41) is 3.24. The lowest BCUT2D eigenvalue weighted by molar-refractivity contribution is 0.0734. The van der Waals surface area contributed by atoms with E-state index in [2.05, 4.69) is 5.32 Å². The molecule has 8 heteroatoms. The second-order valence-electron chi connectivity index (χ2n) is 7.11. The second kappa shape index (κ2) is 9.01. The Hall–Kier alpha value is -3.65. The van der Waals surface area contributed by atoms with Crippen LogP contribution in [0.1, 0.15) is 33.6 Å². The first kappa shape index (κ1) is 20.6. The molecule has 160 valence electrons. The van der Waals surface area contributed by atoms with Crippen molar-refractivity contribution in [2.45, 2.75) is 18.9 Å². The van der Waals surface area contributed by atoms with Gasteiger partial charge in [0.1, 0.15) is 22.6 Å². The van der Waals surface area contributed by atoms with Crippen molar-refractivity contribution in [3.8, 4) is 11.5 Å². The predicted octanol–water partition coefficient (Wildman–Crippen LogP) is 2.93. The molecule has 0 bridgehead atoms. The minimum absolute atomic E-state index is 0.0294. The lowest BCUT2D eigenvalue weighted by Crippen LogP contribution is -2.34. The molecule has 1 amide bonds. The van der Waals surface area contributed by atoms with Crippen LogP contribution in [0.15, 0.2) is 57.7 Å². The van der Waals surface area contributed by atoms with Crippen molar-refractivity contribution < 1.29 is 28.2 Å². The van der Waals surface area contributed by atoms with Gasteiger partial charge in [-0.1, -0.05) is 6.07 Å². The molecule has 1 N–H and O–H groups in total. The molecule has 1 aliphatic heterocycles. The van der Waals surface area contributed by atoms with E-state index in [9.17, 15) is 14.4 Å². The highest BCUT2D eigenvalue weighted by Gasteiger charge is 2.19. The van der Waals surface area contributed by atoms with Crippen LogP contribution < -0.4 is 20.4 Å². The van der Waals surface area contributed by atoms with Crippen LogP contribution in [0.3, 0.4) is 0 Å². The fourth-order valence-corrected chi connectivity index (χ4v) is 3.34. The molecule has 1 aromatic heterocycles. The van der Waals surface area contributed by atoms with E-state index in [1.165, 1.54) is 19.2 Å². The van der Waals surface area contributed by atoms with E-state index in [4.69, 9.17) is 18.6 Å². The van der Waals surface area contributed by atoms with Crippen LogP contribution in [0.5, 0.6) is 11.5 Å². The van der Waals surface area contributed by atoms with E-state index in [1.54, 1.807) is 36.4 Å². The van der Waals surface area contributed by atoms with Crippen LogP contribution in [0.25, 0.3) is 11.0 Å². The number of esters is 1. The Morgan fingerprint density at radius 3 is 2.77 bits per heavy atom. The lowest BCUT2D eigenvalue weighted by atomic mass is 10.1. The summed E-state index contributed by atoms with van der Waals surface area (Å²) in [5.74, 6) is -0.353. The van der Waals surface area contributed by atoms with Crippen LogP contribution in [0, 0.1) is 0 Å². The topological polar surface area (TPSA) is 104 Å². The number of hydrogen-bond donors (Lipinski definition) is 1. The molecule has 1 aliphatic rings. The van der Waals surface area contributed by atoms with Gasteiger partial charge in [0, 0.05) is 24.6 Å². The Morgan fingerprint density at radius 1 is 1.13 bits per heavy atom. The summed E-state index contributed by atoms with van der Waals surface area (Å²) in [5.41, 5.74) is -0.337. The van der Waals surface area contributed by atoms with E-state index in [0.29, 0.717) is 29.9 Å². The van der Waals surface area contributed by atoms with Crippen LogP contribution in [-0.4, -0.2) is 38.2 Å². The molecule has 2 aromatic carbocycles. The van der Waals surface area contributed by atoms with Gasteiger partial charge >= 0.3 is 11.6 Å². The third-order valence-corrected chi connectivity index (χ3v) is 4.98. The smallest absolute Gasteiger partial charge is 0.349 e. The average Bonchev–Trinajstić information content (AvgIpc) is 3.30. The number of hydrogen-bond acceptors (Lipinski definition) is 7. The number of ether oxygens (including phenoxy) is 3. The summed E-state index contributed by atoms with van der Waals surface area (Å²) in [6.07, 6.45) is 1.81. The van der Waals surface area contributed by atoms with E-state index in [-0.39, 0.29) is 23.0 Å². The number of nitrogens with one attached hydrogen (secondary N) is 1. The Balaban J connectivity index is 1.50. The molecule has 31 heavy (non-hydrogen) atoms. The fraction of sp³-hybridized carbons (Fsp3) is 0.261. The molecule has 1 unspecified atom stereocenters. The van der Waals surface area contributed by atoms with E-state index in [0.717, 1.165) is 12.8 Å². The molecule has 1 saturated heterocycles. The largest absolute Gasteiger partial charge is 0.497 e. The average molecular weight is 423 g/mol. The first-order chi connectivity index (χ1) is 15.0. The molecule has 0 aliphatic carbocycles. The van der Waals surface area contributed by atoms with Gasteiger partial charge in [-0.05, 0) is 49.2 Å². The molecular formula is C23H21NO7. The van der Waals surface area contributed by atoms with Gasteiger partial charge in [0.05, 0.1) is 18.8 Å². The molecule has 1 atom stereocenters. The number of methoxy groups -OCH3 is 1. The maximum Gasteiger partial charge on any atom is 0.349 e. The van der Waals surface area contributed by atoms with Crippen LogP contribution in [0.4, 0.5) is 0 Å². The minimum atomic E-state index is -0.770. The zero-order chi connectivity index (χ0) is 21.8. The monoisotopic (exact) mass is 423 g/mol. The Morgan fingerprint density at radius 2 is 2.00 bits per heavy atom. The fourth-order valence-electron chi connectivity index (χ4n) is 3.34. The van der Waals surface area contributed by atoms with Crippen molar-refractivity contribution in [3.63, 3.8) is 0 Å². The molecule has 4 rings (SSSR count). The van der Waals surface area contributed by atoms with Gasteiger partial charge in [-0.15, -0.1) is 0 Å². The van der Waals surface area contributed by atoms with Crippen LogP contribution in [-0.2, 0) is 4.74 Å². The first-order valence-corrected chi connectivity index (χ1v) is 9.87. The standard InChI is InChI=1S/C23H21NO7/c1-28-16-5-2-4-15(10-16)22(26)30-17-8-7-14-11-19(23(27)31-20(14)12-17)21(25)24-13-18-6-3-9-29-18/h2,4-5,7-8,10-12,18H,3,6,9,13H2,1H3,(H,24,25). The van der Waals surface area contributed by atoms with Crippen LogP contribution in [0.2, 0.25) is 0 Å². The minimum Gasteiger partial charge on any atom is -0.497 e. The molecule has 0 saturated carbocycles. The van der Waals surface area contributed by atoms with Crippen molar-refractivity contribution in [2.24, 2.45) is 0 Å². The first-order valence-electron chi connectivity index (χ1n) is 9.87. The quantitative estimate of drug-likeness (QED) is 0.369. The summed E-state index contributed by atoms with van der Waals surface area (Å²) in [6.45, 7) is 1.03. The van der Waals surface area contributed by atoms with Crippen molar-refractivity contribution in [1.82, 2.24) is 5.32 Å². The molecule has 3 aromatic rings. The van der Waals surface area contributed by atoms with Gasteiger partial charge in [-0.25, -0.2) is 9.59 Å².